The van der Waals surface area contributed by atoms with Gasteiger partial charge < -0.3 is 14.9 Å². The Labute approximate surface area is 66.9 Å². The molecule has 3 aliphatic rings. The molecule has 0 aromatic rings. The quantitative estimate of drug-likeness (QED) is 0.568. The Bertz CT molecular complexity index is 179. The van der Waals surface area contributed by atoms with Gasteiger partial charge in [0.15, 0.2) is 0 Å². The maximum absolute atomic E-state index is 9.40. The van der Waals surface area contributed by atoms with Crippen LogP contribution in [0.3, 0.4) is 0 Å². The van der Waals surface area contributed by atoms with Crippen LogP contribution >= 0.6 is 0 Å². The van der Waals surface area contributed by atoms with E-state index >= 15 is 0 Å². The van der Waals surface area contributed by atoms with Gasteiger partial charge in [0.2, 0.25) is 0 Å². The van der Waals surface area contributed by atoms with E-state index < -0.39 is 0 Å². The molecule has 0 aromatic heterocycles. The minimum Gasteiger partial charge on any atom is -0.391 e. The molecule has 2 atom stereocenters. The molecule has 3 nitrogen and oxygen atoms in total. The Balaban J connectivity index is 2.11. The zero-order valence-corrected chi connectivity index (χ0v) is 6.77. The van der Waals surface area contributed by atoms with E-state index in [1.807, 2.05) is 6.92 Å². The van der Waals surface area contributed by atoms with Crippen LogP contribution in [-0.2, 0) is 0 Å². The van der Waals surface area contributed by atoms with Crippen LogP contribution in [0.5, 0.6) is 0 Å². The Hall–Kier alpha value is -0.700. The topological polar surface area (TPSA) is 26.7 Å². The van der Waals surface area contributed by atoms with E-state index in [1.54, 1.807) is 0 Å². The molecule has 1 fully saturated rings. The maximum Gasteiger partial charge on any atom is 0.0732 e. The minimum absolute atomic E-state index is 0.220. The lowest BCUT2D eigenvalue weighted by Crippen LogP contribution is -2.56. The van der Waals surface area contributed by atoms with Crippen molar-refractivity contribution in [3.05, 3.63) is 12.4 Å². The van der Waals surface area contributed by atoms with Crippen molar-refractivity contribution in [2.75, 3.05) is 19.6 Å². The van der Waals surface area contributed by atoms with Crippen LogP contribution in [0, 0.1) is 0 Å². The lowest BCUT2D eigenvalue weighted by atomic mass is 10.1. The van der Waals surface area contributed by atoms with E-state index in [1.165, 1.54) is 0 Å². The summed E-state index contributed by atoms with van der Waals surface area (Å²) in [5, 5.41) is 9.40. The van der Waals surface area contributed by atoms with Crippen LogP contribution in [0.1, 0.15) is 6.92 Å². The number of aliphatic hydroxyl groups is 1. The first kappa shape index (κ1) is 6.98. The standard InChI is InChI=1S/C8H14N2O/c1-7(11)8-6-9-2-4-10(8)5-3-9/h2,4,7-8,11H,3,5-6H2,1H3. The number of rotatable bonds is 1. The summed E-state index contributed by atoms with van der Waals surface area (Å²) in [6, 6.07) is 0.314. The van der Waals surface area contributed by atoms with E-state index in [2.05, 4.69) is 22.2 Å². The normalized spacial score (nSPS) is 31.3. The number of piperazine rings is 1. The summed E-state index contributed by atoms with van der Waals surface area (Å²) in [5.41, 5.74) is 0. The van der Waals surface area contributed by atoms with Crippen molar-refractivity contribution < 1.29 is 5.11 Å². The molecule has 62 valence electrons. The second kappa shape index (κ2) is 2.41. The predicted molar refractivity (Wildman–Crippen MR) is 42.9 cm³/mol. The number of fused-ring (bicyclic) bond motifs is 2. The SMILES string of the molecule is CC(O)C1CN2C=CN1CC2. The fourth-order valence-corrected chi connectivity index (χ4v) is 1.78. The Morgan fingerprint density at radius 1 is 1.45 bits per heavy atom. The molecule has 2 bridgehead atoms. The van der Waals surface area contributed by atoms with Crippen LogP contribution in [0.25, 0.3) is 0 Å². The van der Waals surface area contributed by atoms with Crippen LogP contribution in [0.4, 0.5) is 0 Å². The number of nitrogens with zero attached hydrogens (tertiary/aromatic N) is 2. The summed E-state index contributed by atoms with van der Waals surface area (Å²) < 4.78 is 0. The molecule has 0 aromatic carbocycles. The second-order valence-corrected chi connectivity index (χ2v) is 3.34. The zero-order chi connectivity index (χ0) is 7.84. The van der Waals surface area contributed by atoms with Gasteiger partial charge in [0, 0.05) is 32.0 Å². The molecule has 3 rings (SSSR count). The minimum atomic E-state index is -0.220. The van der Waals surface area contributed by atoms with Gasteiger partial charge in [-0.1, -0.05) is 0 Å². The molecule has 11 heavy (non-hydrogen) atoms. The van der Waals surface area contributed by atoms with Crippen molar-refractivity contribution >= 4 is 0 Å². The number of aliphatic hydroxyl groups excluding tert-OH is 1. The van der Waals surface area contributed by atoms with Crippen molar-refractivity contribution in [1.82, 2.24) is 9.80 Å². The van der Waals surface area contributed by atoms with E-state index in [4.69, 9.17) is 0 Å². The summed E-state index contributed by atoms with van der Waals surface area (Å²) in [6.45, 7) is 5.01. The third-order valence-electron chi connectivity index (χ3n) is 2.52. The summed E-state index contributed by atoms with van der Waals surface area (Å²) in [4.78, 5) is 4.49. The fourth-order valence-electron chi connectivity index (χ4n) is 1.78. The van der Waals surface area contributed by atoms with Crippen molar-refractivity contribution in [3.8, 4) is 0 Å². The van der Waals surface area contributed by atoms with Crippen molar-refractivity contribution in [3.63, 3.8) is 0 Å². The van der Waals surface area contributed by atoms with Gasteiger partial charge in [0.1, 0.15) is 0 Å². The van der Waals surface area contributed by atoms with Crippen molar-refractivity contribution in [2.45, 2.75) is 19.1 Å². The Kier molecular flexibility index (Phi) is 1.53. The van der Waals surface area contributed by atoms with Crippen molar-refractivity contribution in [1.29, 1.82) is 0 Å². The fraction of sp³-hybridized carbons (Fsp3) is 0.750. The summed E-state index contributed by atoms with van der Waals surface area (Å²) >= 11 is 0. The van der Waals surface area contributed by atoms with Crippen LogP contribution < -0.4 is 0 Å². The molecule has 3 heteroatoms. The van der Waals surface area contributed by atoms with Gasteiger partial charge in [-0.25, -0.2) is 0 Å². The molecule has 1 saturated heterocycles. The molecule has 0 spiro atoms. The zero-order valence-electron chi connectivity index (χ0n) is 6.77. The van der Waals surface area contributed by atoms with Gasteiger partial charge in [0.25, 0.3) is 0 Å². The van der Waals surface area contributed by atoms with Gasteiger partial charge in [-0.05, 0) is 6.92 Å². The van der Waals surface area contributed by atoms with E-state index in [0.29, 0.717) is 6.04 Å². The summed E-state index contributed by atoms with van der Waals surface area (Å²) in [5.74, 6) is 0. The van der Waals surface area contributed by atoms with E-state index in [0.717, 1.165) is 19.6 Å². The molecular formula is C8H14N2O. The Morgan fingerprint density at radius 2 is 2.27 bits per heavy atom. The smallest absolute Gasteiger partial charge is 0.0732 e. The monoisotopic (exact) mass is 154 g/mol. The molecule has 0 radical (unpaired) electrons. The first-order chi connectivity index (χ1) is 5.27. The molecule has 0 saturated carbocycles. The van der Waals surface area contributed by atoms with Crippen LogP contribution in [0.2, 0.25) is 0 Å². The van der Waals surface area contributed by atoms with Crippen molar-refractivity contribution in [2.24, 2.45) is 0 Å². The third kappa shape index (κ3) is 1.09. The van der Waals surface area contributed by atoms with Crippen LogP contribution in [-0.4, -0.2) is 46.7 Å². The average Bonchev–Trinajstić information content (AvgIpc) is 2.06. The van der Waals surface area contributed by atoms with Crippen LogP contribution in [0.15, 0.2) is 12.4 Å². The molecule has 0 aliphatic carbocycles. The maximum atomic E-state index is 9.40. The van der Waals surface area contributed by atoms with Gasteiger partial charge in [-0.15, -0.1) is 0 Å². The second-order valence-electron chi connectivity index (χ2n) is 3.34. The van der Waals surface area contributed by atoms with E-state index in [-0.39, 0.29) is 6.10 Å². The largest absolute Gasteiger partial charge is 0.391 e. The average molecular weight is 154 g/mol. The highest BCUT2D eigenvalue weighted by molar-refractivity contribution is 5.01. The number of hydrogen-bond acceptors (Lipinski definition) is 3. The van der Waals surface area contributed by atoms with Gasteiger partial charge in [-0.3, -0.25) is 0 Å². The highest BCUT2D eigenvalue weighted by Gasteiger charge is 2.29. The first-order valence-corrected chi connectivity index (χ1v) is 4.13. The Morgan fingerprint density at radius 3 is 2.55 bits per heavy atom. The summed E-state index contributed by atoms with van der Waals surface area (Å²) in [6.07, 6.45) is 3.95. The molecule has 0 amide bonds. The lowest BCUT2D eigenvalue weighted by molar-refractivity contribution is 0.0269. The first-order valence-electron chi connectivity index (χ1n) is 4.13. The highest BCUT2D eigenvalue weighted by Crippen LogP contribution is 2.18. The molecule has 2 unspecified atom stereocenters. The number of hydrogen-bond donors (Lipinski definition) is 1. The molecule has 3 heterocycles. The third-order valence-corrected chi connectivity index (χ3v) is 2.52. The predicted octanol–water partition coefficient (Wildman–Crippen LogP) is -0.162. The molecule has 1 N–H and O–H groups in total. The lowest BCUT2D eigenvalue weighted by Gasteiger charge is -2.46. The summed E-state index contributed by atoms with van der Waals surface area (Å²) in [7, 11) is 0. The molecule has 3 aliphatic heterocycles. The van der Waals surface area contributed by atoms with Gasteiger partial charge in [0.05, 0.1) is 12.1 Å². The van der Waals surface area contributed by atoms with E-state index in [9.17, 15) is 5.11 Å². The van der Waals surface area contributed by atoms with Gasteiger partial charge in [-0.2, -0.15) is 0 Å². The highest BCUT2D eigenvalue weighted by atomic mass is 16.3. The molecular weight excluding hydrogens is 140 g/mol. The van der Waals surface area contributed by atoms with Gasteiger partial charge >= 0.3 is 0 Å².